The van der Waals surface area contributed by atoms with Crippen molar-refractivity contribution >= 4 is 40.0 Å². The van der Waals surface area contributed by atoms with E-state index in [4.69, 9.17) is 4.74 Å². The van der Waals surface area contributed by atoms with Crippen molar-refractivity contribution in [3.05, 3.63) is 6.20 Å². The number of hydrogen-bond acceptors (Lipinski definition) is 7. The van der Waals surface area contributed by atoms with E-state index in [1.165, 1.54) is 11.3 Å². The van der Waals surface area contributed by atoms with Crippen LogP contribution in [0.3, 0.4) is 0 Å². The lowest BCUT2D eigenvalue weighted by Crippen LogP contribution is -2.34. The van der Waals surface area contributed by atoms with Crippen LogP contribution in [-0.2, 0) is 9.53 Å². The molecule has 3 rings (SSSR count). The van der Waals surface area contributed by atoms with Crippen LogP contribution >= 0.6 is 23.1 Å². The molecule has 1 amide bonds. The van der Waals surface area contributed by atoms with Gasteiger partial charge in [0, 0.05) is 11.3 Å². The molecule has 1 saturated heterocycles. The summed E-state index contributed by atoms with van der Waals surface area (Å²) in [7, 11) is 0. The quantitative estimate of drug-likeness (QED) is 0.766. The number of thiazole rings is 1. The smallest absolute Gasteiger partial charge is 0.229 e. The van der Waals surface area contributed by atoms with Crippen molar-refractivity contribution in [2.24, 2.45) is 16.3 Å². The second-order valence-electron chi connectivity index (χ2n) is 7.49. The highest BCUT2D eigenvalue weighted by atomic mass is 32.2. The molecule has 2 aliphatic rings. The average Bonchev–Trinajstić information content (AvgIpc) is 3.22. The van der Waals surface area contributed by atoms with E-state index in [1.807, 2.05) is 6.20 Å². The van der Waals surface area contributed by atoms with E-state index >= 15 is 0 Å². The SMILES string of the molecule is CC(C)(C)C1CN=C(CSc2cnc(NC(=O)C3CCNCC3)s2)O1. The Labute approximate surface area is 157 Å². The number of piperidine rings is 1. The van der Waals surface area contributed by atoms with E-state index < -0.39 is 0 Å². The van der Waals surface area contributed by atoms with Gasteiger partial charge in [-0.25, -0.2) is 4.98 Å². The Morgan fingerprint density at radius 2 is 2.20 bits per heavy atom. The number of rotatable bonds is 5. The van der Waals surface area contributed by atoms with E-state index in [0.29, 0.717) is 10.9 Å². The third-order valence-corrected chi connectivity index (χ3v) is 6.53. The summed E-state index contributed by atoms with van der Waals surface area (Å²) in [5, 5.41) is 6.90. The van der Waals surface area contributed by atoms with E-state index in [-0.39, 0.29) is 23.3 Å². The maximum atomic E-state index is 12.3. The molecule has 0 aromatic carbocycles. The lowest BCUT2D eigenvalue weighted by molar-refractivity contribution is -0.120. The van der Waals surface area contributed by atoms with Gasteiger partial charge < -0.3 is 15.4 Å². The number of aliphatic imine (C=N–C) groups is 1. The van der Waals surface area contributed by atoms with Gasteiger partial charge in [0.25, 0.3) is 0 Å². The van der Waals surface area contributed by atoms with E-state index in [1.54, 1.807) is 11.8 Å². The van der Waals surface area contributed by atoms with Crippen LogP contribution in [0.1, 0.15) is 33.6 Å². The lowest BCUT2D eigenvalue weighted by atomic mass is 9.89. The predicted octanol–water partition coefficient (Wildman–Crippen LogP) is 3.02. The molecule has 0 spiro atoms. The molecule has 138 valence electrons. The molecule has 0 radical (unpaired) electrons. The average molecular weight is 383 g/mol. The largest absolute Gasteiger partial charge is 0.475 e. The summed E-state index contributed by atoms with van der Waals surface area (Å²) in [6.07, 6.45) is 3.75. The summed E-state index contributed by atoms with van der Waals surface area (Å²) < 4.78 is 7.00. The van der Waals surface area contributed by atoms with Crippen LogP contribution in [0, 0.1) is 11.3 Å². The molecular formula is C17H26N4O2S2. The number of carbonyl (C=O) groups excluding carboxylic acids is 1. The van der Waals surface area contributed by atoms with Crippen molar-refractivity contribution in [3.63, 3.8) is 0 Å². The van der Waals surface area contributed by atoms with Crippen molar-refractivity contribution in [1.82, 2.24) is 10.3 Å². The third kappa shape index (κ3) is 5.18. The maximum absolute atomic E-state index is 12.3. The van der Waals surface area contributed by atoms with Gasteiger partial charge in [-0.1, -0.05) is 32.1 Å². The number of thioether (sulfide) groups is 1. The van der Waals surface area contributed by atoms with Gasteiger partial charge in [0.15, 0.2) is 11.0 Å². The van der Waals surface area contributed by atoms with Crippen LogP contribution in [0.15, 0.2) is 15.4 Å². The van der Waals surface area contributed by atoms with Crippen molar-refractivity contribution in [3.8, 4) is 0 Å². The second kappa shape index (κ2) is 8.05. The molecule has 1 unspecified atom stereocenters. The first kappa shape index (κ1) is 18.7. The highest BCUT2D eigenvalue weighted by Gasteiger charge is 2.31. The number of amides is 1. The van der Waals surface area contributed by atoms with Gasteiger partial charge >= 0.3 is 0 Å². The zero-order valence-electron chi connectivity index (χ0n) is 15.0. The zero-order valence-corrected chi connectivity index (χ0v) is 16.6. The fourth-order valence-corrected chi connectivity index (χ4v) is 4.52. The molecule has 25 heavy (non-hydrogen) atoms. The highest BCUT2D eigenvalue weighted by molar-refractivity contribution is 8.01. The molecule has 8 heteroatoms. The normalized spacial score (nSPS) is 21.7. The first-order chi connectivity index (χ1) is 11.9. The summed E-state index contributed by atoms with van der Waals surface area (Å²) in [5.74, 6) is 1.69. The number of carbonyl (C=O) groups is 1. The minimum absolute atomic E-state index is 0.0870. The Bertz CT molecular complexity index is 633. The number of anilines is 1. The molecule has 1 atom stereocenters. The molecule has 1 aromatic rings. The van der Waals surface area contributed by atoms with Crippen molar-refractivity contribution in [2.75, 3.05) is 30.7 Å². The minimum Gasteiger partial charge on any atom is -0.475 e. The third-order valence-electron chi connectivity index (χ3n) is 4.44. The molecule has 0 bridgehead atoms. The van der Waals surface area contributed by atoms with Crippen LogP contribution in [0.2, 0.25) is 0 Å². The minimum atomic E-state index is 0.0870. The molecule has 0 aliphatic carbocycles. The summed E-state index contributed by atoms with van der Waals surface area (Å²) in [6, 6.07) is 0. The van der Waals surface area contributed by atoms with E-state index in [0.717, 1.165) is 42.6 Å². The van der Waals surface area contributed by atoms with Gasteiger partial charge in [0.1, 0.15) is 6.10 Å². The van der Waals surface area contributed by atoms with Gasteiger partial charge in [-0.15, -0.1) is 11.8 Å². The molecule has 0 saturated carbocycles. The zero-order chi connectivity index (χ0) is 17.9. The highest BCUT2D eigenvalue weighted by Crippen LogP contribution is 2.31. The summed E-state index contributed by atoms with van der Waals surface area (Å²) in [4.78, 5) is 21.1. The molecule has 1 fully saturated rings. The van der Waals surface area contributed by atoms with Gasteiger partial charge in [0.2, 0.25) is 5.91 Å². The predicted molar refractivity (Wildman–Crippen MR) is 104 cm³/mol. The fraction of sp³-hybridized carbons (Fsp3) is 0.706. The molecular weight excluding hydrogens is 356 g/mol. The molecule has 3 heterocycles. The van der Waals surface area contributed by atoms with Crippen molar-refractivity contribution < 1.29 is 9.53 Å². The number of hydrogen-bond donors (Lipinski definition) is 2. The monoisotopic (exact) mass is 382 g/mol. The van der Waals surface area contributed by atoms with Crippen LogP contribution in [-0.4, -0.2) is 48.3 Å². The number of nitrogens with one attached hydrogen (secondary N) is 2. The summed E-state index contributed by atoms with van der Waals surface area (Å²) in [6.45, 7) is 9.07. The van der Waals surface area contributed by atoms with Gasteiger partial charge in [0.05, 0.1) is 22.7 Å². The second-order valence-corrected chi connectivity index (χ2v) is 9.80. The Balaban J connectivity index is 1.45. The molecule has 2 N–H and O–H groups in total. The van der Waals surface area contributed by atoms with Gasteiger partial charge in [-0.2, -0.15) is 0 Å². The Hall–Kier alpha value is -1.12. The Morgan fingerprint density at radius 3 is 2.88 bits per heavy atom. The van der Waals surface area contributed by atoms with Crippen LogP contribution in [0.25, 0.3) is 0 Å². The van der Waals surface area contributed by atoms with Crippen LogP contribution in [0.5, 0.6) is 0 Å². The molecule has 2 aliphatic heterocycles. The number of aromatic nitrogens is 1. The van der Waals surface area contributed by atoms with E-state index in [2.05, 4.69) is 41.4 Å². The summed E-state index contributed by atoms with van der Waals surface area (Å²) in [5.41, 5.74) is 0.104. The first-order valence-electron chi connectivity index (χ1n) is 8.72. The van der Waals surface area contributed by atoms with Gasteiger partial charge in [-0.05, 0) is 25.9 Å². The Kier molecular flexibility index (Phi) is 6.01. The van der Waals surface area contributed by atoms with Crippen LogP contribution < -0.4 is 10.6 Å². The fourth-order valence-electron chi connectivity index (χ4n) is 2.76. The standard InChI is InChI=1S/C17H26N4O2S2/c1-17(2,3)12-8-19-13(23-12)10-24-14-9-20-16(25-14)21-15(22)11-4-6-18-7-5-11/h9,11-12,18H,4-8,10H2,1-3H3,(H,20,21,22). The van der Waals surface area contributed by atoms with E-state index in [9.17, 15) is 4.79 Å². The Morgan fingerprint density at radius 1 is 1.44 bits per heavy atom. The summed E-state index contributed by atoms with van der Waals surface area (Å²) >= 11 is 3.16. The van der Waals surface area contributed by atoms with Crippen molar-refractivity contribution in [1.29, 1.82) is 0 Å². The number of nitrogens with zero attached hydrogens (tertiary/aromatic N) is 2. The maximum Gasteiger partial charge on any atom is 0.229 e. The lowest BCUT2D eigenvalue weighted by Gasteiger charge is -2.25. The van der Waals surface area contributed by atoms with Crippen molar-refractivity contribution in [2.45, 2.75) is 43.9 Å². The molecule has 6 nitrogen and oxygen atoms in total. The molecule has 1 aromatic heterocycles. The topological polar surface area (TPSA) is 75.6 Å². The van der Waals surface area contributed by atoms with Crippen LogP contribution in [0.4, 0.5) is 5.13 Å². The first-order valence-corrected chi connectivity index (χ1v) is 10.5. The van der Waals surface area contributed by atoms with Gasteiger partial charge in [-0.3, -0.25) is 9.79 Å². The number of ether oxygens (including phenoxy) is 1.